The fourth-order valence-electron chi connectivity index (χ4n) is 2.00. The topological polar surface area (TPSA) is 21.3 Å². The van der Waals surface area contributed by atoms with Crippen LogP contribution in [0.2, 0.25) is 5.02 Å². The minimum Gasteiger partial charge on any atom is -0.456 e. The van der Waals surface area contributed by atoms with Gasteiger partial charge in [0, 0.05) is 23.2 Å². The van der Waals surface area contributed by atoms with Crippen molar-refractivity contribution in [1.82, 2.24) is 5.32 Å². The summed E-state index contributed by atoms with van der Waals surface area (Å²) in [5.74, 6) is 0.993. The van der Waals surface area contributed by atoms with Crippen molar-refractivity contribution in [3.05, 3.63) is 57.3 Å². The van der Waals surface area contributed by atoms with Gasteiger partial charge in [-0.1, -0.05) is 11.6 Å². The summed E-state index contributed by atoms with van der Waals surface area (Å²) in [5.41, 5.74) is 0.991. The predicted molar refractivity (Wildman–Crippen MR) is 85.5 cm³/mol. The van der Waals surface area contributed by atoms with E-state index in [9.17, 15) is 4.39 Å². The van der Waals surface area contributed by atoms with Crippen LogP contribution in [0.4, 0.5) is 4.39 Å². The van der Waals surface area contributed by atoms with E-state index in [2.05, 4.69) is 21.2 Å². The quantitative estimate of drug-likeness (QED) is 0.772. The van der Waals surface area contributed by atoms with Gasteiger partial charge in [0.05, 0.1) is 4.47 Å². The van der Waals surface area contributed by atoms with E-state index in [4.69, 9.17) is 16.3 Å². The van der Waals surface area contributed by atoms with Crippen molar-refractivity contribution < 1.29 is 9.13 Å². The van der Waals surface area contributed by atoms with Gasteiger partial charge in [0.25, 0.3) is 0 Å². The normalized spacial score (nSPS) is 14.2. The lowest BCUT2D eigenvalue weighted by Gasteiger charge is -2.13. The second kappa shape index (κ2) is 6.34. The molecule has 1 aliphatic rings. The Hall–Kier alpha value is -1.10. The Labute approximate surface area is 136 Å². The van der Waals surface area contributed by atoms with Crippen LogP contribution in [-0.4, -0.2) is 6.04 Å². The maximum Gasteiger partial charge on any atom is 0.141 e. The van der Waals surface area contributed by atoms with E-state index >= 15 is 0 Å². The highest BCUT2D eigenvalue weighted by atomic mass is 79.9. The summed E-state index contributed by atoms with van der Waals surface area (Å²) in [4.78, 5) is 0. The first-order valence-corrected chi connectivity index (χ1v) is 7.93. The molecule has 0 spiro atoms. The van der Waals surface area contributed by atoms with Crippen molar-refractivity contribution in [2.45, 2.75) is 25.4 Å². The van der Waals surface area contributed by atoms with Crippen LogP contribution in [0, 0.1) is 5.82 Å². The first-order chi connectivity index (χ1) is 10.1. The Kier molecular flexibility index (Phi) is 4.48. The molecule has 2 aromatic carbocycles. The molecule has 3 rings (SSSR count). The monoisotopic (exact) mass is 369 g/mol. The van der Waals surface area contributed by atoms with Gasteiger partial charge in [-0.3, -0.25) is 0 Å². The molecule has 0 aromatic heterocycles. The third-order valence-electron chi connectivity index (χ3n) is 3.29. The summed E-state index contributed by atoms with van der Waals surface area (Å²) >= 11 is 9.37. The molecule has 1 N–H and O–H groups in total. The molecule has 0 saturated heterocycles. The van der Waals surface area contributed by atoms with Gasteiger partial charge in [-0.2, -0.15) is 0 Å². The molecule has 0 unspecified atom stereocenters. The van der Waals surface area contributed by atoms with Gasteiger partial charge in [0.2, 0.25) is 0 Å². The lowest BCUT2D eigenvalue weighted by atomic mass is 10.2. The minimum atomic E-state index is -0.305. The van der Waals surface area contributed by atoms with Crippen LogP contribution >= 0.6 is 27.5 Å². The summed E-state index contributed by atoms with van der Waals surface area (Å²) in [5, 5.41) is 4.11. The van der Waals surface area contributed by atoms with Gasteiger partial charge in [-0.25, -0.2) is 4.39 Å². The average molecular weight is 371 g/mol. The molecular weight excluding hydrogens is 357 g/mol. The fourth-order valence-corrected chi connectivity index (χ4v) is 2.63. The molecule has 0 aliphatic heterocycles. The number of nitrogens with one attached hydrogen (secondary N) is 1. The molecule has 0 amide bonds. The molecule has 2 nitrogen and oxygen atoms in total. The van der Waals surface area contributed by atoms with E-state index in [1.165, 1.54) is 25.0 Å². The molecular formula is C16H14BrClFNO. The standard InChI is InChI=1S/C16H14BrClFNO/c17-14-8-12(19)2-6-16(14)21-15-5-1-11(18)7-10(15)9-20-13-3-4-13/h1-2,5-8,13,20H,3-4,9H2. The van der Waals surface area contributed by atoms with Crippen molar-refractivity contribution in [3.8, 4) is 11.5 Å². The molecule has 110 valence electrons. The van der Waals surface area contributed by atoms with Crippen LogP contribution in [0.15, 0.2) is 40.9 Å². The second-order valence-corrected chi connectivity index (χ2v) is 6.37. The van der Waals surface area contributed by atoms with Crippen LogP contribution in [0.3, 0.4) is 0 Å². The Balaban J connectivity index is 1.82. The predicted octanol–water partition coefficient (Wildman–Crippen LogP) is 5.29. The third-order valence-corrected chi connectivity index (χ3v) is 4.15. The second-order valence-electron chi connectivity index (χ2n) is 5.08. The lowest BCUT2D eigenvalue weighted by molar-refractivity contribution is 0.467. The summed E-state index contributed by atoms with van der Waals surface area (Å²) in [6, 6.07) is 10.5. The van der Waals surface area contributed by atoms with Crippen LogP contribution < -0.4 is 10.1 Å². The van der Waals surface area contributed by atoms with Gasteiger partial charge in [-0.05, 0) is 65.2 Å². The minimum absolute atomic E-state index is 0.305. The summed E-state index contributed by atoms with van der Waals surface area (Å²) < 4.78 is 19.6. The molecule has 0 heterocycles. The van der Waals surface area contributed by atoms with Gasteiger partial charge >= 0.3 is 0 Å². The first kappa shape index (κ1) is 14.8. The van der Waals surface area contributed by atoms with Crippen LogP contribution in [-0.2, 0) is 6.54 Å². The van der Waals surface area contributed by atoms with E-state index in [0.717, 1.165) is 11.3 Å². The zero-order valence-electron chi connectivity index (χ0n) is 11.2. The molecule has 1 saturated carbocycles. The van der Waals surface area contributed by atoms with Gasteiger partial charge < -0.3 is 10.1 Å². The van der Waals surface area contributed by atoms with Crippen molar-refractivity contribution in [2.75, 3.05) is 0 Å². The van der Waals surface area contributed by atoms with E-state index in [1.54, 1.807) is 12.1 Å². The van der Waals surface area contributed by atoms with E-state index < -0.39 is 0 Å². The number of hydrogen-bond donors (Lipinski definition) is 1. The zero-order valence-corrected chi connectivity index (χ0v) is 13.5. The molecule has 2 aromatic rings. The largest absolute Gasteiger partial charge is 0.456 e. The highest BCUT2D eigenvalue weighted by molar-refractivity contribution is 9.10. The van der Waals surface area contributed by atoms with Crippen LogP contribution in [0.25, 0.3) is 0 Å². The Morgan fingerprint density at radius 1 is 1.19 bits per heavy atom. The summed E-state index contributed by atoms with van der Waals surface area (Å²) in [6.45, 7) is 0.708. The molecule has 5 heteroatoms. The van der Waals surface area contributed by atoms with Gasteiger partial charge in [0.15, 0.2) is 0 Å². The van der Waals surface area contributed by atoms with Crippen LogP contribution in [0.1, 0.15) is 18.4 Å². The van der Waals surface area contributed by atoms with E-state index in [-0.39, 0.29) is 5.82 Å². The van der Waals surface area contributed by atoms with Crippen LogP contribution in [0.5, 0.6) is 11.5 Å². The number of rotatable bonds is 5. The maximum atomic E-state index is 13.1. The van der Waals surface area contributed by atoms with E-state index in [0.29, 0.717) is 27.8 Å². The molecule has 1 fully saturated rings. The molecule has 1 aliphatic carbocycles. The van der Waals surface area contributed by atoms with Crippen molar-refractivity contribution in [2.24, 2.45) is 0 Å². The summed E-state index contributed by atoms with van der Waals surface area (Å²) in [6.07, 6.45) is 2.44. The first-order valence-electron chi connectivity index (χ1n) is 6.76. The zero-order chi connectivity index (χ0) is 14.8. The molecule has 0 bridgehead atoms. The molecule has 0 atom stereocenters. The molecule has 0 radical (unpaired) electrons. The Morgan fingerprint density at radius 3 is 2.67 bits per heavy atom. The van der Waals surface area contributed by atoms with Crippen molar-refractivity contribution in [1.29, 1.82) is 0 Å². The number of hydrogen-bond acceptors (Lipinski definition) is 2. The lowest BCUT2D eigenvalue weighted by Crippen LogP contribution is -2.15. The average Bonchev–Trinajstić information content (AvgIpc) is 3.26. The van der Waals surface area contributed by atoms with Crippen molar-refractivity contribution in [3.63, 3.8) is 0 Å². The smallest absolute Gasteiger partial charge is 0.141 e. The Morgan fingerprint density at radius 2 is 1.95 bits per heavy atom. The van der Waals surface area contributed by atoms with Gasteiger partial charge in [0.1, 0.15) is 17.3 Å². The Bertz CT molecular complexity index is 661. The highest BCUT2D eigenvalue weighted by Crippen LogP contribution is 2.33. The van der Waals surface area contributed by atoms with E-state index in [1.807, 2.05) is 12.1 Å². The summed E-state index contributed by atoms with van der Waals surface area (Å²) in [7, 11) is 0. The third kappa shape index (κ3) is 3.96. The SMILES string of the molecule is Fc1ccc(Oc2ccc(Cl)cc2CNC2CC2)c(Br)c1. The van der Waals surface area contributed by atoms with Crippen molar-refractivity contribution >= 4 is 27.5 Å². The number of benzene rings is 2. The number of halogens is 3. The highest BCUT2D eigenvalue weighted by Gasteiger charge is 2.21. The van der Waals surface area contributed by atoms with Gasteiger partial charge in [-0.15, -0.1) is 0 Å². The maximum absolute atomic E-state index is 13.1. The number of ether oxygens (including phenoxy) is 1. The molecule has 21 heavy (non-hydrogen) atoms. The fraction of sp³-hybridized carbons (Fsp3) is 0.250.